The Morgan fingerprint density at radius 1 is 1.11 bits per heavy atom. The van der Waals surface area contributed by atoms with Gasteiger partial charge in [-0.3, -0.25) is 4.79 Å². The summed E-state index contributed by atoms with van der Waals surface area (Å²) in [5.74, 6) is 0.701. The molecule has 37 heavy (non-hydrogen) atoms. The number of rotatable bonds is 10. The van der Waals surface area contributed by atoms with E-state index in [0.717, 1.165) is 28.8 Å². The van der Waals surface area contributed by atoms with Crippen molar-refractivity contribution in [3.8, 4) is 5.75 Å². The second-order valence-electron chi connectivity index (χ2n) is 8.61. The van der Waals surface area contributed by atoms with Gasteiger partial charge in [-0.05, 0) is 54.8 Å². The van der Waals surface area contributed by atoms with E-state index in [0.29, 0.717) is 41.4 Å². The van der Waals surface area contributed by atoms with E-state index in [1.807, 2.05) is 60.9 Å². The van der Waals surface area contributed by atoms with Crippen molar-refractivity contribution >= 4 is 38.6 Å². The minimum absolute atomic E-state index is 0.219. The maximum atomic E-state index is 12.7. The average molecular weight is 538 g/mol. The molecule has 0 aliphatic heterocycles. The molecule has 4 rings (SSSR count). The van der Waals surface area contributed by atoms with Crippen LogP contribution in [-0.4, -0.2) is 23.9 Å². The molecule has 1 N–H and O–H groups in total. The van der Waals surface area contributed by atoms with Crippen molar-refractivity contribution < 1.29 is 17.9 Å². The standard InChI is InChI=1S/C28H28ClN3O4S/c1-3-4-8-15-37(34,35)31-28(33)22-12-14-26-27(16-22)32(20(2)30-26)18-23-11-13-24(17-25(23)29)36-19-21-9-6-5-7-10-21/h5-17H,3-4,18-19H2,1-2H3,(H,31,33). The number of fused-ring (bicyclic) bond motifs is 1. The highest BCUT2D eigenvalue weighted by molar-refractivity contribution is 7.92. The maximum Gasteiger partial charge on any atom is 0.265 e. The number of amides is 1. The molecular weight excluding hydrogens is 510 g/mol. The van der Waals surface area contributed by atoms with Gasteiger partial charge in [0.25, 0.3) is 15.9 Å². The van der Waals surface area contributed by atoms with Crippen LogP contribution in [0.25, 0.3) is 11.0 Å². The number of aryl methyl sites for hydroxylation is 1. The number of unbranched alkanes of at least 4 members (excludes halogenated alkanes) is 1. The summed E-state index contributed by atoms with van der Waals surface area (Å²) in [7, 11) is -3.87. The zero-order valence-electron chi connectivity index (χ0n) is 20.6. The van der Waals surface area contributed by atoms with Gasteiger partial charge in [0.05, 0.1) is 17.6 Å². The van der Waals surface area contributed by atoms with Crippen molar-refractivity contribution in [2.24, 2.45) is 0 Å². The molecule has 1 aromatic heterocycles. The van der Waals surface area contributed by atoms with Crippen molar-refractivity contribution in [1.82, 2.24) is 14.3 Å². The molecule has 7 nitrogen and oxygen atoms in total. The third-order valence-corrected chi connectivity index (χ3v) is 7.14. The number of hydrogen-bond acceptors (Lipinski definition) is 5. The largest absolute Gasteiger partial charge is 0.489 e. The molecule has 0 saturated carbocycles. The fourth-order valence-corrected chi connectivity index (χ4v) is 4.89. The molecule has 0 bridgehead atoms. The normalized spacial score (nSPS) is 11.8. The smallest absolute Gasteiger partial charge is 0.265 e. The number of hydrogen-bond donors (Lipinski definition) is 1. The third kappa shape index (κ3) is 6.78. The number of imidazole rings is 1. The second-order valence-corrected chi connectivity index (χ2v) is 10.6. The van der Waals surface area contributed by atoms with E-state index >= 15 is 0 Å². The molecule has 0 fully saturated rings. The lowest BCUT2D eigenvalue weighted by atomic mass is 10.1. The van der Waals surface area contributed by atoms with E-state index in [4.69, 9.17) is 16.3 Å². The first kappa shape index (κ1) is 26.4. The summed E-state index contributed by atoms with van der Waals surface area (Å²) < 4.78 is 34.3. The van der Waals surface area contributed by atoms with Gasteiger partial charge < -0.3 is 9.30 Å². The Hall–Kier alpha value is -3.62. The van der Waals surface area contributed by atoms with Gasteiger partial charge in [-0.15, -0.1) is 0 Å². The highest BCUT2D eigenvalue weighted by Gasteiger charge is 2.16. The van der Waals surface area contributed by atoms with Gasteiger partial charge in [0.1, 0.15) is 18.2 Å². The molecule has 9 heteroatoms. The van der Waals surface area contributed by atoms with Crippen molar-refractivity contribution in [3.05, 3.63) is 106 Å². The number of aromatic nitrogens is 2. The molecule has 0 aliphatic carbocycles. The topological polar surface area (TPSA) is 90.3 Å². The Kier molecular flexibility index (Phi) is 8.31. The highest BCUT2D eigenvalue weighted by Crippen LogP contribution is 2.26. The predicted octanol–water partition coefficient (Wildman–Crippen LogP) is 6.00. The molecule has 0 spiro atoms. The summed E-state index contributed by atoms with van der Waals surface area (Å²) in [6.07, 6.45) is 2.95. The third-order valence-electron chi connectivity index (χ3n) is 5.77. The van der Waals surface area contributed by atoms with E-state index in [-0.39, 0.29) is 5.56 Å². The molecule has 0 saturated heterocycles. The lowest BCUT2D eigenvalue weighted by Crippen LogP contribution is -2.28. The van der Waals surface area contributed by atoms with Crippen molar-refractivity contribution in [2.75, 3.05) is 0 Å². The van der Waals surface area contributed by atoms with Crippen LogP contribution < -0.4 is 9.46 Å². The number of sulfonamides is 1. The summed E-state index contributed by atoms with van der Waals surface area (Å²) in [5, 5.41) is 1.57. The van der Waals surface area contributed by atoms with Gasteiger partial charge in [0.2, 0.25) is 0 Å². The zero-order chi connectivity index (χ0) is 26.4. The highest BCUT2D eigenvalue weighted by atomic mass is 35.5. The Balaban J connectivity index is 1.53. The monoisotopic (exact) mass is 537 g/mol. The van der Waals surface area contributed by atoms with Crippen LogP contribution in [0.1, 0.15) is 47.1 Å². The summed E-state index contributed by atoms with van der Waals surface area (Å²) in [6, 6.07) is 20.3. The Morgan fingerprint density at radius 3 is 2.62 bits per heavy atom. The van der Waals surface area contributed by atoms with Crippen LogP contribution >= 0.6 is 11.6 Å². The lowest BCUT2D eigenvalue weighted by Gasteiger charge is -2.12. The summed E-state index contributed by atoms with van der Waals surface area (Å²) in [6.45, 7) is 4.67. The van der Waals surface area contributed by atoms with E-state index in [1.165, 1.54) is 6.08 Å². The fraction of sp³-hybridized carbons (Fsp3) is 0.214. The quantitative estimate of drug-likeness (QED) is 0.268. The van der Waals surface area contributed by atoms with Crippen LogP contribution in [0.4, 0.5) is 0 Å². The molecular formula is C28H28ClN3O4S. The number of carbonyl (C=O) groups is 1. The number of benzene rings is 3. The van der Waals surface area contributed by atoms with Crippen LogP contribution in [0.2, 0.25) is 5.02 Å². The van der Waals surface area contributed by atoms with E-state index in [2.05, 4.69) is 9.71 Å². The summed E-state index contributed by atoms with van der Waals surface area (Å²) >= 11 is 6.59. The molecule has 0 atom stereocenters. The number of ether oxygens (including phenoxy) is 1. The van der Waals surface area contributed by atoms with Crippen LogP contribution in [0.3, 0.4) is 0 Å². The second kappa shape index (κ2) is 11.6. The lowest BCUT2D eigenvalue weighted by molar-refractivity contribution is 0.0982. The minimum atomic E-state index is -3.87. The molecule has 0 unspecified atom stereocenters. The minimum Gasteiger partial charge on any atom is -0.489 e. The Morgan fingerprint density at radius 2 is 1.89 bits per heavy atom. The first-order valence-electron chi connectivity index (χ1n) is 11.9. The molecule has 1 heterocycles. The number of nitrogens with zero attached hydrogens (tertiary/aromatic N) is 2. The van der Waals surface area contributed by atoms with E-state index in [1.54, 1.807) is 24.3 Å². The molecule has 3 aromatic carbocycles. The van der Waals surface area contributed by atoms with Gasteiger partial charge >= 0.3 is 0 Å². The number of nitrogens with one attached hydrogen (secondary N) is 1. The summed E-state index contributed by atoms with van der Waals surface area (Å²) in [4.78, 5) is 17.3. The van der Waals surface area contributed by atoms with Crippen molar-refractivity contribution in [2.45, 2.75) is 39.8 Å². The number of carbonyl (C=O) groups excluding carboxylic acids is 1. The van der Waals surface area contributed by atoms with Gasteiger partial charge in [-0.2, -0.15) is 0 Å². The first-order valence-corrected chi connectivity index (χ1v) is 13.8. The molecule has 0 radical (unpaired) electrons. The van der Waals surface area contributed by atoms with Gasteiger partial charge in [-0.25, -0.2) is 18.1 Å². The van der Waals surface area contributed by atoms with Gasteiger partial charge in [0.15, 0.2) is 0 Å². The number of halogens is 1. The van der Waals surface area contributed by atoms with Crippen LogP contribution in [0.15, 0.2) is 78.2 Å². The first-order chi connectivity index (χ1) is 17.8. The van der Waals surface area contributed by atoms with Crippen LogP contribution in [-0.2, 0) is 23.2 Å². The summed E-state index contributed by atoms with van der Waals surface area (Å²) in [5.41, 5.74) is 3.53. The molecule has 4 aromatic rings. The van der Waals surface area contributed by atoms with E-state index < -0.39 is 15.9 Å². The molecule has 1 amide bonds. The van der Waals surface area contributed by atoms with Crippen LogP contribution in [0, 0.1) is 6.92 Å². The molecule has 0 aliphatic rings. The SMILES string of the molecule is CCCC=CS(=O)(=O)NC(=O)c1ccc2nc(C)n(Cc3ccc(OCc4ccccc4)cc3Cl)c2c1. The van der Waals surface area contributed by atoms with Gasteiger partial charge in [-0.1, -0.05) is 67.4 Å². The van der Waals surface area contributed by atoms with Gasteiger partial charge in [0, 0.05) is 16.0 Å². The Labute approximate surface area is 221 Å². The zero-order valence-corrected chi connectivity index (χ0v) is 22.2. The van der Waals surface area contributed by atoms with Crippen molar-refractivity contribution in [1.29, 1.82) is 0 Å². The Bertz CT molecular complexity index is 1550. The van der Waals surface area contributed by atoms with Crippen molar-refractivity contribution in [3.63, 3.8) is 0 Å². The van der Waals surface area contributed by atoms with Crippen LogP contribution in [0.5, 0.6) is 5.75 Å². The predicted molar refractivity (Wildman–Crippen MR) is 146 cm³/mol. The maximum absolute atomic E-state index is 12.7. The van der Waals surface area contributed by atoms with E-state index in [9.17, 15) is 13.2 Å². The average Bonchev–Trinajstić information content (AvgIpc) is 3.18. The number of allylic oxidation sites excluding steroid dienone is 1. The molecule has 192 valence electrons. The fourth-order valence-electron chi connectivity index (χ4n) is 3.82.